The van der Waals surface area contributed by atoms with Crippen LogP contribution in [-0.2, 0) is 11.3 Å². The molecule has 0 spiro atoms. The molecule has 1 aromatic carbocycles. The summed E-state index contributed by atoms with van der Waals surface area (Å²) in [6, 6.07) is 7.94. The van der Waals surface area contributed by atoms with Gasteiger partial charge in [0.2, 0.25) is 0 Å². The zero-order valence-electron chi connectivity index (χ0n) is 13.1. The highest BCUT2D eigenvalue weighted by Crippen LogP contribution is 2.20. The molecule has 21 heavy (non-hydrogen) atoms. The summed E-state index contributed by atoms with van der Waals surface area (Å²) < 4.78 is 5.92. The molecule has 1 unspecified atom stereocenters. The minimum atomic E-state index is -0.421. The first-order chi connectivity index (χ1) is 10.2. The lowest BCUT2D eigenvalue weighted by Gasteiger charge is -2.22. The first-order valence-corrected chi connectivity index (χ1v) is 7.96. The molecule has 1 aliphatic rings. The van der Waals surface area contributed by atoms with Crippen LogP contribution in [0.5, 0.6) is 5.75 Å². The number of ether oxygens (including phenoxy) is 1. The number of likely N-dealkylation sites (tertiary alicyclic amines) is 1. The van der Waals surface area contributed by atoms with E-state index in [1.165, 1.54) is 0 Å². The van der Waals surface area contributed by atoms with Gasteiger partial charge in [-0.25, -0.2) is 0 Å². The molecule has 1 amide bonds. The van der Waals surface area contributed by atoms with Crippen LogP contribution >= 0.6 is 0 Å². The number of hydrogen-bond acceptors (Lipinski definition) is 3. The average Bonchev–Trinajstić information content (AvgIpc) is 3.02. The Balaban J connectivity index is 1.96. The third-order valence-electron chi connectivity index (χ3n) is 3.78. The van der Waals surface area contributed by atoms with Crippen molar-refractivity contribution in [2.75, 3.05) is 19.6 Å². The van der Waals surface area contributed by atoms with Crippen molar-refractivity contribution in [3.05, 3.63) is 29.8 Å². The van der Waals surface area contributed by atoms with E-state index < -0.39 is 6.10 Å². The number of carbonyl (C=O) groups excluding carboxylic acids is 1. The SMILES string of the molecule is CCCNCc1ccccc1OC(C)C(=O)N1CCCC1. The van der Waals surface area contributed by atoms with E-state index in [1.54, 1.807) is 0 Å². The van der Waals surface area contributed by atoms with E-state index in [9.17, 15) is 4.79 Å². The Kier molecular flexibility index (Phi) is 6.05. The van der Waals surface area contributed by atoms with Crippen LogP contribution in [0.25, 0.3) is 0 Å². The van der Waals surface area contributed by atoms with Crippen molar-refractivity contribution in [3.8, 4) is 5.75 Å². The number of rotatable bonds is 7. The number of benzene rings is 1. The molecule has 1 aromatic rings. The van der Waals surface area contributed by atoms with Crippen molar-refractivity contribution in [2.45, 2.75) is 45.8 Å². The minimum Gasteiger partial charge on any atom is -0.481 e. The molecule has 1 N–H and O–H groups in total. The van der Waals surface area contributed by atoms with Gasteiger partial charge in [0.1, 0.15) is 5.75 Å². The van der Waals surface area contributed by atoms with Crippen LogP contribution in [0.15, 0.2) is 24.3 Å². The van der Waals surface area contributed by atoms with Crippen LogP contribution in [0.3, 0.4) is 0 Å². The summed E-state index contributed by atoms with van der Waals surface area (Å²) in [5.41, 5.74) is 1.10. The van der Waals surface area contributed by atoms with Crippen LogP contribution in [-0.4, -0.2) is 36.5 Å². The fraction of sp³-hybridized carbons (Fsp3) is 0.588. The lowest BCUT2D eigenvalue weighted by molar-refractivity contribution is -0.136. The monoisotopic (exact) mass is 290 g/mol. The summed E-state index contributed by atoms with van der Waals surface area (Å²) in [6.07, 6.45) is 2.90. The predicted molar refractivity (Wildman–Crippen MR) is 84.3 cm³/mol. The smallest absolute Gasteiger partial charge is 0.263 e. The van der Waals surface area contributed by atoms with E-state index in [1.807, 2.05) is 36.1 Å². The largest absolute Gasteiger partial charge is 0.481 e. The minimum absolute atomic E-state index is 0.101. The van der Waals surface area contributed by atoms with Gasteiger partial charge in [0, 0.05) is 25.2 Å². The Bertz CT molecular complexity index is 456. The molecule has 1 aliphatic heterocycles. The van der Waals surface area contributed by atoms with Crippen molar-refractivity contribution >= 4 is 5.91 Å². The highest BCUT2D eigenvalue weighted by molar-refractivity contribution is 5.81. The third kappa shape index (κ3) is 4.46. The Morgan fingerprint density at radius 3 is 2.76 bits per heavy atom. The molecule has 2 rings (SSSR count). The van der Waals surface area contributed by atoms with E-state index in [2.05, 4.69) is 12.2 Å². The molecule has 0 aromatic heterocycles. The lowest BCUT2D eigenvalue weighted by Crippen LogP contribution is -2.38. The molecule has 0 aliphatic carbocycles. The molecule has 116 valence electrons. The van der Waals surface area contributed by atoms with Crippen molar-refractivity contribution < 1.29 is 9.53 Å². The van der Waals surface area contributed by atoms with Gasteiger partial charge in [-0.1, -0.05) is 25.1 Å². The maximum absolute atomic E-state index is 12.3. The van der Waals surface area contributed by atoms with Crippen LogP contribution in [0.2, 0.25) is 0 Å². The number of carbonyl (C=O) groups is 1. The molecule has 4 heteroatoms. The molecule has 4 nitrogen and oxygen atoms in total. The predicted octanol–water partition coefficient (Wildman–Crippen LogP) is 2.58. The highest BCUT2D eigenvalue weighted by Gasteiger charge is 2.24. The maximum atomic E-state index is 12.3. The first-order valence-electron chi connectivity index (χ1n) is 7.96. The lowest BCUT2D eigenvalue weighted by atomic mass is 10.2. The second kappa shape index (κ2) is 8.03. The number of amides is 1. The van der Waals surface area contributed by atoms with Crippen molar-refractivity contribution in [1.82, 2.24) is 10.2 Å². The molecular formula is C17H26N2O2. The van der Waals surface area contributed by atoms with Crippen molar-refractivity contribution in [2.24, 2.45) is 0 Å². The van der Waals surface area contributed by atoms with Gasteiger partial charge in [-0.05, 0) is 38.8 Å². The normalized spacial score (nSPS) is 16.0. The van der Waals surface area contributed by atoms with Crippen LogP contribution in [0, 0.1) is 0 Å². The number of hydrogen-bond donors (Lipinski definition) is 1. The van der Waals surface area contributed by atoms with Gasteiger partial charge in [-0.15, -0.1) is 0 Å². The summed E-state index contributed by atoms with van der Waals surface area (Å²) in [7, 11) is 0. The number of nitrogens with zero attached hydrogens (tertiary/aromatic N) is 1. The first kappa shape index (κ1) is 15.8. The van der Waals surface area contributed by atoms with E-state index in [4.69, 9.17) is 4.74 Å². The zero-order chi connectivity index (χ0) is 15.1. The maximum Gasteiger partial charge on any atom is 0.263 e. The van der Waals surface area contributed by atoms with E-state index in [-0.39, 0.29) is 5.91 Å². The van der Waals surface area contributed by atoms with Gasteiger partial charge in [-0.2, -0.15) is 0 Å². The average molecular weight is 290 g/mol. The van der Waals surface area contributed by atoms with E-state index in [0.717, 1.165) is 56.8 Å². The molecule has 1 fully saturated rings. The Hall–Kier alpha value is -1.55. The van der Waals surface area contributed by atoms with Crippen LogP contribution < -0.4 is 10.1 Å². The summed E-state index contributed by atoms with van der Waals surface area (Å²) in [4.78, 5) is 14.2. The zero-order valence-corrected chi connectivity index (χ0v) is 13.1. The molecule has 1 heterocycles. The summed E-state index contributed by atoms with van der Waals surface area (Å²) >= 11 is 0. The van der Waals surface area contributed by atoms with Crippen molar-refractivity contribution in [3.63, 3.8) is 0 Å². The van der Waals surface area contributed by atoms with Crippen LogP contribution in [0.1, 0.15) is 38.7 Å². The van der Waals surface area contributed by atoms with E-state index >= 15 is 0 Å². The summed E-state index contributed by atoms with van der Waals surface area (Å²) in [5, 5.41) is 3.37. The van der Waals surface area contributed by atoms with Crippen LogP contribution in [0.4, 0.5) is 0 Å². The summed E-state index contributed by atoms with van der Waals surface area (Å²) in [6.45, 7) is 7.48. The molecule has 1 saturated heterocycles. The molecule has 0 saturated carbocycles. The number of para-hydroxylation sites is 1. The summed E-state index contributed by atoms with van der Waals surface area (Å²) in [5.74, 6) is 0.907. The molecule has 0 bridgehead atoms. The van der Waals surface area contributed by atoms with Gasteiger partial charge in [0.05, 0.1) is 0 Å². The molecule has 1 atom stereocenters. The highest BCUT2D eigenvalue weighted by atomic mass is 16.5. The second-order valence-corrected chi connectivity index (χ2v) is 5.58. The van der Waals surface area contributed by atoms with Crippen molar-refractivity contribution in [1.29, 1.82) is 0 Å². The van der Waals surface area contributed by atoms with Gasteiger partial charge in [0.25, 0.3) is 5.91 Å². The Morgan fingerprint density at radius 1 is 1.33 bits per heavy atom. The van der Waals surface area contributed by atoms with Gasteiger partial charge in [0.15, 0.2) is 6.10 Å². The van der Waals surface area contributed by atoms with Gasteiger partial charge < -0.3 is 15.0 Å². The standard InChI is InChI=1S/C17H26N2O2/c1-3-10-18-13-15-8-4-5-9-16(15)21-14(2)17(20)19-11-6-7-12-19/h4-5,8-9,14,18H,3,6-7,10-13H2,1-2H3. The second-order valence-electron chi connectivity index (χ2n) is 5.58. The Labute approximate surface area is 127 Å². The topological polar surface area (TPSA) is 41.6 Å². The Morgan fingerprint density at radius 2 is 2.05 bits per heavy atom. The number of nitrogens with one attached hydrogen (secondary N) is 1. The molecule has 0 radical (unpaired) electrons. The van der Waals surface area contributed by atoms with Gasteiger partial charge in [-0.3, -0.25) is 4.79 Å². The quantitative estimate of drug-likeness (QED) is 0.785. The van der Waals surface area contributed by atoms with E-state index in [0.29, 0.717) is 0 Å². The molecular weight excluding hydrogens is 264 g/mol. The fourth-order valence-electron chi connectivity index (χ4n) is 2.60. The van der Waals surface area contributed by atoms with Gasteiger partial charge >= 0.3 is 0 Å². The fourth-order valence-corrected chi connectivity index (χ4v) is 2.60. The third-order valence-corrected chi connectivity index (χ3v) is 3.78.